The van der Waals surface area contributed by atoms with Crippen LogP contribution in [-0.2, 0) is 4.79 Å². The van der Waals surface area contributed by atoms with Crippen LogP contribution in [0.5, 0.6) is 0 Å². The van der Waals surface area contributed by atoms with Gasteiger partial charge in [0.15, 0.2) is 0 Å². The van der Waals surface area contributed by atoms with Crippen molar-refractivity contribution in [1.29, 1.82) is 0 Å². The molecule has 5 nitrogen and oxygen atoms in total. The van der Waals surface area contributed by atoms with Gasteiger partial charge in [-0.1, -0.05) is 5.16 Å². The summed E-state index contributed by atoms with van der Waals surface area (Å²) in [6.07, 6.45) is -0.0679. The molecule has 0 radical (unpaired) electrons. The summed E-state index contributed by atoms with van der Waals surface area (Å²) in [6.45, 7) is 3.73. The molecule has 2 rings (SSSR count). The third-order valence-corrected chi connectivity index (χ3v) is 3.90. The third-order valence-electron chi connectivity index (χ3n) is 2.67. The van der Waals surface area contributed by atoms with Crippen molar-refractivity contribution in [3.63, 3.8) is 0 Å². The van der Waals surface area contributed by atoms with Crippen LogP contribution in [-0.4, -0.2) is 16.2 Å². The van der Waals surface area contributed by atoms with E-state index in [1.165, 1.54) is 11.3 Å². The van der Waals surface area contributed by atoms with E-state index in [0.717, 1.165) is 26.8 Å². The second-order valence-corrected chi connectivity index (χ2v) is 5.22. The molecule has 96 valence electrons. The van der Waals surface area contributed by atoms with E-state index >= 15 is 0 Å². The molecule has 0 fully saturated rings. The molecule has 2 aromatic heterocycles. The number of rotatable bonds is 4. The van der Waals surface area contributed by atoms with Gasteiger partial charge in [-0.2, -0.15) is 0 Å². The van der Waals surface area contributed by atoms with E-state index in [-0.39, 0.29) is 6.42 Å². The Morgan fingerprint density at radius 3 is 2.83 bits per heavy atom. The van der Waals surface area contributed by atoms with Crippen LogP contribution in [0.25, 0.3) is 10.4 Å². The number of carboxylic acids is 1. The van der Waals surface area contributed by atoms with E-state index in [1.807, 2.05) is 26.0 Å². The lowest BCUT2D eigenvalue weighted by Crippen LogP contribution is -2.13. The predicted octanol–water partition coefficient (Wildman–Crippen LogP) is 2.49. The number of carboxylic acid groups (broad SMARTS) is 1. The lowest BCUT2D eigenvalue weighted by atomic mass is 10.1. The van der Waals surface area contributed by atoms with Gasteiger partial charge in [-0.15, -0.1) is 11.3 Å². The number of aromatic nitrogens is 1. The zero-order chi connectivity index (χ0) is 13.3. The quantitative estimate of drug-likeness (QED) is 0.887. The first-order valence-corrected chi connectivity index (χ1v) is 6.31. The first-order valence-electron chi connectivity index (χ1n) is 5.49. The number of aliphatic carboxylic acids is 1. The van der Waals surface area contributed by atoms with E-state index in [0.29, 0.717) is 0 Å². The van der Waals surface area contributed by atoms with Crippen LogP contribution in [0.3, 0.4) is 0 Å². The summed E-state index contributed by atoms with van der Waals surface area (Å²) in [5.74, 6) is -0.137. The van der Waals surface area contributed by atoms with Gasteiger partial charge >= 0.3 is 5.97 Å². The Kier molecular flexibility index (Phi) is 3.49. The summed E-state index contributed by atoms with van der Waals surface area (Å²) >= 11 is 1.48. The molecule has 2 heterocycles. The van der Waals surface area contributed by atoms with Crippen molar-refractivity contribution < 1.29 is 14.4 Å². The topological polar surface area (TPSA) is 89.4 Å². The van der Waals surface area contributed by atoms with Gasteiger partial charge in [0, 0.05) is 15.8 Å². The lowest BCUT2D eigenvalue weighted by Gasteiger charge is -2.04. The molecule has 0 aliphatic heterocycles. The fourth-order valence-corrected chi connectivity index (χ4v) is 2.96. The van der Waals surface area contributed by atoms with Crippen molar-refractivity contribution in [2.75, 3.05) is 0 Å². The molecular weight excluding hydrogens is 252 g/mol. The first-order chi connectivity index (χ1) is 8.49. The third kappa shape index (κ3) is 2.44. The van der Waals surface area contributed by atoms with Gasteiger partial charge in [0.2, 0.25) is 0 Å². The molecule has 1 atom stereocenters. The highest BCUT2D eigenvalue weighted by Crippen LogP contribution is 2.35. The highest BCUT2D eigenvalue weighted by atomic mass is 32.1. The first kappa shape index (κ1) is 12.8. The maximum Gasteiger partial charge on any atom is 0.305 e. The van der Waals surface area contributed by atoms with Crippen LogP contribution in [0.15, 0.2) is 16.7 Å². The SMILES string of the molecule is Cc1noc(C)c1-c1ccc(C(N)CC(=O)O)s1. The molecule has 0 spiro atoms. The van der Waals surface area contributed by atoms with Crippen molar-refractivity contribution in [1.82, 2.24) is 5.16 Å². The average molecular weight is 266 g/mol. The lowest BCUT2D eigenvalue weighted by molar-refractivity contribution is -0.137. The number of thiophene rings is 1. The van der Waals surface area contributed by atoms with Gasteiger partial charge in [0.05, 0.1) is 17.7 Å². The zero-order valence-electron chi connectivity index (χ0n) is 10.1. The number of nitrogens with two attached hydrogens (primary N) is 1. The number of nitrogens with zero attached hydrogens (tertiary/aromatic N) is 1. The molecule has 0 amide bonds. The largest absolute Gasteiger partial charge is 0.481 e. The molecule has 0 saturated carbocycles. The normalized spacial score (nSPS) is 12.6. The van der Waals surface area contributed by atoms with Crippen molar-refractivity contribution >= 4 is 17.3 Å². The van der Waals surface area contributed by atoms with Crippen molar-refractivity contribution in [2.45, 2.75) is 26.3 Å². The molecule has 0 bridgehead atoms. The predicted molar refractivity (Wildman–Crippen MR) is 68.5 cm³/mol. The standard InChI is InChI=1S/C12H14N2O3S/c1-6-12(7(2)17-14-6)10-4-3-9(18-10)8(13)5-11(15)16/h3-4,8H,5,13H2,1-2H3,(H,15,16). The highest BCUT2D eigenvalue weighted by Gasteiger charge is 2.17. The van der Waals surface area contributed by atoms with Gasteiger partial charge < -0.3 is 15.4 Å². The molecule has 0 aromatic carbocycles. The van der Waals surface area contributed by atoms with Crippen LogP contribution >= 0.6 is 11.3 Å². The maximum absolute atomic E-state index is 10.6. The summed E-state index contributed by atoms with van der Waals surface area (Å²) < 4.78 is 5.12. The Hall–Kier alpha value is -1.66. The van der Waals surface area contributed by atoms with Crippen LogP contribution in [0.2, 0.25) is 0 Å². The number of aryl methyl sites for hydroxylation is 2. The fourth-order valence-electron chi connectivity index (χ4n) is 1.81. The Morgan fingerprint density at radius 1 is 1.56 bits per heavy atom. The molecule has 18 heavy (non-hydrogen) atoms. The van der Waals surface area contributed by atoms with Gasteiger partial charge in [0.1, 0.15) is 5.76 Å². The minimum atomic E-state index is -0.894. The van der Waals surface area contributed by atoms with Crippen molar-refractivity contribution in [3.8, 4) is 10.4 Å². The summed E-state index contributed by atoms with van der Waals surface area (Å²) in [4.78, 5) is 12.5. The number of hydrogen-bond donors (Lipinski definition) is 2. The molecule has 0 saturated heterocycles. The zero-order valence-corrected chi connectivity index (χ0v) is 11.0. The average Bonchev–Trinajstić information content (AvgIpc) is 2.85. The Bertz CT molecular complexity index is 554. The van der Waals surface area contributed by atoms with E-state index < -0.39 is 12.0 Å². The van der Waals surface area contributed by atoms with Crippen molar-refractivity contribution in [3.05, 3.63) is 28.5 Å². The molecule has 6 heteroatoms. The second-order valence-electron chi connectivity index (χ2n) is 4.11. The summed E-state index contributed by atoms with van der Waals surface area (Å²) in [6, 6.07) is 3.31. The molecular formula is C12H14N2O3S. The summed E-state index contributed by atoms with van der Waals surface area (Å²) in [5, 5.41) is 12.6. The van der Waals surface area contributed by atoms with Crippen LogP contribution < -0.4 is 5.73 Å². The van der Waals surface area contributed by atoms with E-state index in [1.54, 1.807) is 0 Å². The number of carbonyl (C=O) groups is 1. The minimum Gasteiger partial charge on any atom is -0.481 e. The summed E-state index contributed by atoms with van der Waals surface area (Å²) in [5.41, 5.74) is 7.62. The second kappa shape index (κ2) is 4.91. The van der Waals surface area contributed by atoms with Gasteiger partial charge in [-0.3, -0.25) is 4.79 Å². The Morgan fingerprint density at radius 2 is 2.28 bits per heavy atom. The smallest absolute Gasteiger partial charge is 0.305 e. The minimum absolute atomic E-state index is 0.0679. The van der Waals surface area contributed by atoms with E-state index in [9.17, 15) is 4.79 Å². The van der Waals surface area contributed by atoms with Gasteiger partial charge in [-0.25, -0.2) is 0 Å². The summed E-state index contributed by atoms with van der Waals surface area (Å²) in [7, 11) is 0. The number of hydrogen-bond acceptors (Lipinski definition) is 5. The Labute approximate surface area is 108 Å². The highest BCUT2D eigenvalue weighted by molar-refractivity contribution is 7.15. The molecule has 2 aromatic rings. The van der Waals surface area contributed by atoms with E-state index in [4.69, 9.17) is 15.4 Å². The van der Waals surface area contributed by atoms with Crippen LogP contribution in [0, 0.1) is 13.8 Å². The van der Waals surface area contributed by atoms with Crippen molar-refractivity contribution in [2.24, 2.45) is 5.73 Å². The molecule has 0 aliphatic carbocycles. The van der Waals surface area contributed by atoms with E-state index in [2.05, 4.69) is 5.16 Å². The monoisotopic (exact) mass is 266 g/mol. The van der Waals surface area contributed by atoms with Gasteiger partial charge in [-0.05, 0) is 26.0 Å². The van der Waals surface area contributed by atoms with Crippen LogP contribution in [0.1, 0.15) is 28.8 Å². The molecule has 3 N–H and O–H groups in total. The molecule has 0 aliphatic rings. The van der Waals surface area contributed by atoms with Crippen LogP contribution in [0.4, 0.5) is 0 Å². The Balaban J connectivity index is 2.28. The molecule has 1 unspecified atom stereocenters. The maximum atomic E-state index is 10.6. The fraction of sp³-hybridized carbons (Fsp3) is 0.333. The van der Waals surface area contributed by atoms with Gasteiger partial charge in [0.25, 0.3) is 0 Å².